The van der Waals surface area contributed by atoms with E-state index in [0.29, 0.717) is 71.9 Å². The summed E-state index contributed by atoms with van der Waals surface area (Å²) in [5, 5.41) is 14.5. The first kappa shape index (κ1) is 43.0. The maximum absolute atomic E-state index is 13.4. The lowest BCUT2D eigenvalue weighted by Crippen LogP contribution is -2.37. The summed E-state index contributed by atoms with van der Waals surface area (Å²) in [5.74, 6) is 8.78. The first-order chi connectivity index (χ1) is 26.6. The van der Waals surface area contributed by atoms with Crippen molar-refractivity contribution >= 4 is 18.9 Å². The number of rotatable bonds is 18. The van der Waals surface area contributed by atoms with Crippen molar-refractivity contribution in [3.8, 4) is 17.9 Å². The Hall–Kier alpha value is -4.71. The van der Waals surface area contributed by atoms with Gasteiger partial charge in [0.25, 0.3) is 0 Å². The average Bonchev–Trinajstić information content (AvgIpc) is 3.22. The summed E-state index contributed by atoms with van der Waals surface area (Å²) < 4.78 is 55.5. The number of methoxy groups -OCH3 is 9. The highest BCUT2D eigenvalue weighted by Crippen LogP contribution is 2.83. The van der Waals surface area contributed by atoms with E-state index in [-0.39, 0.29) is 18.2 Å². The predicted octanol–water partition coefficient (Wildman–Crippen LogP) is 7.36. The van der Waals surface area contributed by atoms with E-state index < -0.39 is 25.6 Å². The smallest absolute Gasteiger partial charge is 0.224 e. The number of carbonyl (C=O) groups excluding carboxylic acids is 1. The van der Waals surface area contributed by atoms with Gasteiger partial charge in [-0.05, 0) is 37.1 Å². The fourth-order valence-corrected chi connectivity index (χ4v) is 13.6. The Balaban J connectivity index is 1.98. The predicted molar refractivity (Wildman–Crippen MR) is 211 cm³/mol. The quantitative estimate of drug-likeness (QED) is 0.0911. The van der Waals surface area contributed by atoms with Crippen LogP contribution in [0.1, 0.15) is 44.6 Å². The summed E-state index contributed by atoms with van der Waals surface area (Å²) >= 11 is 0. The first-order valence-electron chi connectivity index (χ1n) is 18.0. The number of hydrogen-bond acceptors (Lipinski definition) is 11. The summed E-state index contributed by atoms with van der Waals surface area (Å²) in [7, 11) is 11.9. The van der Waals surface area contributed by atoms with Crippen LogP contribution in [-0.4, -0.2) is 94.4 Å². The number of nitrogens with zero attached hydrogens (tertiary/aromatic N) is 1. The van der Waals surface area contributed by atoms with E-state index in [2.05, 4.69) is 24.1 Å². The van der Waals surface area contributed by atoms with Crippen LogP contribution in [0.25, 0.3) is 0 Å². The zero-order valence-corrected chi connectivity index (χ0v) is 34.5. The molecule has 1 unspecified atom stereocenters. The zero-order valence-electron chi connectivity index (χ0n) is 33.6. The monoisotopic (exact) mass is 777 g/mol. The average molecular weight is 778 g/mol. The Labute approximate surface area is 326 Å². The maximum atomic E-state index is 13.4. The van der Waals surface area contributed by atoms with Crippen molar-refractivity contribution in [1.82, 2.24) is 0 Å². The largest absolute Gasteiger partial charge is 0.501 e. The summed E-state index contributed by atoms with van der Waals surface area (Å²) in [5.41, 5.74) is 1.33. The highest BCUT2D eigenvalue weighted by Gasteiger charge is 2.64. The van der Waals surface area contributed by atoms with Gasteiger partial charge < -0.3 is 47.9 Å². The molecule has 1 aromatic rings. The Morgan fingerprint density at radius 2 is 1.27 bits per heavy atom. The molecule has 4 rings (SSSR count). The molecular weight excluding hydrogens is 723 g/mol. The lowest BCUT2D eigenvalue weighted by molar-refractivity contribution is -0.116. The van der Waals surface area contributed by atoms with Crippen molar-refractivity contribution in [2.24, 2.45) is 5.92 Å². The second-order valence-corrected chi connectivity index (χ2v) is 16.5. The number of anilines is 1. The van der Waals surface area contributed by atoms with Gasteiger partial charge in [0.15, 0.2) is 39.3 Å². The Morgan fingerprint density at radius 3 is 1.73 bits per heavy atom. The van der Waals surface area contributed by atoms with Crippen LogP contribution in [0, 0.1) is 29.1 Å². The molecule has 4 atom stereocenters. The van der Waals surface area contributed by atoms with E-state index in [1.54, 1.807) is 88.3 Å². The summed E-state index contributed by atoms with van der Waals surface area (Å²) in [6.45, 7) is 2.07. The van der Waals surface area contributed by atoms with Crippen LogP contribution >= 0.6 is 7.26 Å². The van der Waals surface area contributed by atoms with Gasteiger partial charge in [0.1, 0.15) is 42.9 Å². The molecule has 0 fully saturated rings. The molecule has 296 valence electrons. The van der Waals surface area contributed by atoms with Gasteiger partial charge in [0, 0.05) is 81.9 Å². The Bertz CT molecular complexity index is 1790. The van der Waals surface area contributed by atoms with Crippen molar-refractivity contribution in [2.45, 2.75) is 57.3 Å². The number of unbranched alkanes of at least 4 members (excludes halogenated alkanes) is 1. The minimum atomic E-state index is -3.03. The van der Waals surface area contributed by atoms with Crippen molar-refractivity contribution in [3.63, 3.8) is 0 Å². The number of amides is 1. The highest BCUT2D eigenvalue weighted by atomic mass is 31.2. The van der Waals surface area contributed by atoms with Crippen LogP contribution in [-0.2, 0) is 47.4 Å². The van der Waals surface area contributed by atoms with Crippen LogP contribution in [0.15, 0.2) is 93.0 Å². The van der Waals surface area contributed by atoms with Crippen LogP contribution in [0.5, 0.6) is 0 Å². The molecule has 3 aliphatic rings. The third-order valence-electron chi connectivity index (χ3n) is 10.2. The zero-order chi connectivity index (χ0) is 40.1. The molecule has 0 saturated heterocycles. The summed E-state index contributed by atoms with van der Waals surface area (Å²) in [6, 6.07) is 8.89. The normalized spacial score (nSPS) is 21.3. The number of ether oxygens (including phenoxy) is 9. The standard InChI is InChI=1S/C42H53N2O10P/c1-27-32(48-4)26-37(53-9)42(39(27)54-10)55(40-33(49-5)22-30(46-2)23-34(40)50-6,41-35(51-7)24-31(47-3)25-36(41)52-8)21-12-11-15-38(45)44-29-18-16-28(17-19-29)14-13-20-43/h16-19,22,24,26-27,34,36,39H,11-12,15,21,23,25H2,1-10H3/p+1/t27?,34-,36-,39-/m0/s1. The lowest BCUT2D eigenvalue weighted by atomic mass is 9.96. The van der Waals surface area contributed by atoms with Gasteiger partial charge >= 0.3 is 0 Å². The Morgan fingerprint density at radius 1 is 0.727 bits per heavy atom. The third-order valence-corrected chi connectivity index (χ3v) is 15.2. The second-order valence-electron chi connectivity index (χ2n) is 13.0. The molecule has 0 aromatic heterocycles. The topological polar surface area (TPSA) is 136 Å². The van der Waals surface area contributed by atoms with Crippen molar-refractivity contribution in [1.29, 1.82) is 5.26 Å². The third kappa shape index (κ3) is 9.23. The molecule has 55 heavy (non-hydrogen) atoms. The number of allylic oxidation sites excluding steroid dienone is 3. The molecule has 1 N–H and O–H groups in total. The summed E-state index contributed by atoms with van der Waals surface area (Å²) in [6.07, 6.45) is 7.24. The molecule has 0 heterocycles. The molecule has 0 aliphatic heterocycles. The van der Waals surface area contributed by atoms with Gasteiger partial charge in [-0.15, -0.1) is 0 Å². The van der Waals surface area contributed by atoms with Crippen molar-refractivity contribution in [2.75, 3.05) is 75.5 Å². The minimum Gasteiger partial charge on any atom is -0.501 e. The second kappa shape index (κ2) is 20.3. The van der Waals surface area contributed by atoms with Crippen LogP contribution in [0.3, 0.4) is 0 Å². The molecule has 1 amide bonds. The van der Waals surface area contributed by atoms with Gasteiger partial charge in [0.2, 0.25) is 5.91 Å². The van der Waals surface area contributed by atoms with Crippen molar-refractivity contribution < 1.29 is 47.4 Å². The number of hydrogen-bond donors (Lipinski definition) is 1. The SMILES string of the molecule is COC1=CC(OC)=C([P+](CCCCC(=O)Nc2ccc(C#CC#N)cc2)(C2=C(OC)C=C(OC)C[C@@H]2OC)C2=C(OC)C=C(OC)C(C)[C@@H]2OC)[C@@H](OC)C1. The van der Waals surface area contributed by atoms with Gasteiger partial charge in [-0.2, -0.15) is 5.26 Å². The molecule has 13 heteroatoms. The number of nitrogens with one attached hydrogen (secondary N) is 1. The fourth-order valence-electron chi connectivity index (χ4n) is 7.64. The molecule has 0 saturated carbocycles. The van der Waals surface area contributed by atoms with Gasteiger partial charge in [-0.1, -0.05) is 12.8 Å². The van der Waals surface area contributed by atoms with Crippen LogP contribution in [0.2, 0.25) is 0 Å². The number of benzene rings is 1. The molecule has 3 aliphatic carbocycles. The van der Waals surface area contributed by atoms with E-state index in [1.165, 1.54) is 0 Å². The molecule has 0 bridgehead atoms. The molecule has 0 spiro atoms. The van der Waals surface area contributed by atoms with Gasteiger partial charge in [-0.25, -0.2) is 0 Å². The number of carbonyl (C=O) groups is 1. The summed E-state index contributed by atoms with van der Waals surface area (Å²) in [4.78, 5) is 13.4. The van der Waals surface area contributed by atoms with Gasteiger partial charge in [-0.3, -0.25) is 4.79 Å². The first-order valence-corrected chi connectivity index (χ1v) is 20.0. The maximum Gasteiger partial charge on any atom is 0.224 e. The fraction of sp³-hybridized carbons (Fsp3) is 0.476. The molecule has 0 radical (unpaired) electrons. The van der Waals surface area contributed by atoms with E-state index in [9.17, 15) is 4.79 Å². The number of nitriles is 1. The molecule has 12 nitrogen and oxygen atoms in total. The molecular formula is C42H54N2O10P+. The van der Waals surface area contributed by atoms with E-state index >= 15 is 0 Å². The van der Waals surface area contributed by atoms with E-state index in [4.69, 9.17) is 47.9 Å². The Kier molecular flexibility index (Phi) is 15.9. The van der Waals surface area contributed by atoms with Crippen LogP contribution in [0.4, 0.5) is 5.69 Å². The van der Waals surface area contributed by atoms with Gasteiger partial charge in [0.05, 0.1) is 48.8 Å². The molecule has 1 aromatic carbocycles. The van der Waals surface area contributed by atoms with Crippen molar-refractivity contribution in [3.05, 3.63) is 98.6 Å². The van der Waals surface area contributed by atoms with E-state index in [1.807, 2.05) is 24.3 Å². The highest BCUT2D eigenvalue weighted by molar-refractivity contribution is 7.87. The minimum absolute atomic E-state index is 0.126. The lowest BCUT2D eigenvalue weighted by Gasteiger charge is -2.44. The van der Waals surface area contributed by atoms with E-state index in [0.717, 1.165) is 21.7 Å². The van der Waals surface area contributed by atoms with Crippen LogP contribution < -0.4 is 5.32 Å².